The van der Waals surface area contributed by atoms with E-state index in [9.17, 15) is 17.6 Å². The van der Waals surface area contributed by atoms with Crippen molar-refractivity contribution in [2.24, 2.45) is 4.40 Å². The molecule has 3 rings (SSSR count). The van der Waals surface area contributed by atoms with Gasteiger partial charge in [-0.3, -0.25) is 9.69 Å². The number of halogens is 1. The number of rotatable bonds is 5. The second kappa shape index (κ2) is 7.89. The fourth-order valence-electron chi connectivity index (χ4n) is 2.35. The minimum Gasteiger partial charge on any atom is -0.282 e. The lowest BCUT2D eigenvalue weighted by Crippen LogP contribution is -2.29. The van der Waals surface area contributed by atoms with Gasteiger partial charge in [0.1, 0.15) is 5.82 Å². The summed E-state index contributed by atoms with van der Waals surface area (Å²) in [4.78, 5) is 14.0. The van der Waals surface area contributed by atoms with Gasteiger partial charge in [0, 0.05) is 12.1 Å². The smallest absolute Gasteiger partial charge is 0.282 e. The first-order valence-corrected chi connectivity index (χ1v) is 10.1. The van der Waals surface area contributed by atoms with Gasteiger partial charge in [0.15, 0.2) is 5.17 Å². The molecule has 0 aliphatic carbocycles. The van der Waals surface area contributed by atoms with Gasteiger partial charge in [0.2, 0.25) is 0 Å². The monoisotopic (exact) mass is 402 g/mol. The molecule has 1 amide bonds. The normalized spacial score (nSPS) is 17.7. The van der Waals surface area contributed by atoms with E-state index in [4.69, 9.17) is 0 Å². The highest BCUT2D eigenvalue weighted by Gasteiger charge is 2.34. The fraction of sp³-hybridized carbons (Fsp3) is 0.0526. The largest absolute Gasteiger partial charge is 0.284 e. The molecule has 0 spiro atoms. The van der Waals surface area contributed by atoms with E-state index in [0.717, 1.165) is 11.8 Å². The number of benzene rings is 2. The summed E-state index contributed by atoms with van der Waals surface area (Å²) in [5.41, 5.74) is 0.235. The topological polar surface area (TPSA) is 66.8 Å². The van der Waals surface area contributed by atoms with E-state index in [-0.39, 0.29) is 27.1 Å². The van der Waals surface area contributed by atoms with E-state index < -0.39 is 21.7 Å². The zero-order chi connectivity index (χ0) is 19.4. The lowest BCUT2D eigenvalue weighted by molar-refractivity contribution is -0.121. The Balaban J connectivity index is 2.01. The molecule has 5 nitrogen and oxygen atoms in total. The van der Waals surface area contributed by atoms with Gasteiger partial charge < -0.3 is 0 Å². The van der Waals surface area contributed by atoms with Crippen molar-refractivity contribution >= 4 is 38.9 Å². The van der Waals surface area contributed by atoms with Gasteiger partial charge in [-0.1, -0.05) is 42.5 Å². The quantitative estimate of drug-likeness (QED) is 0.565. The standard InChI is InChI=1S/C19H15FN2O3S2/c1-2-12-22-18(23)17(13-14-8-6-7-11-16(14)20)26-19(22)21-27(24,25)15-9-4-3-5-10-15/h2-11,13H,1,12H2/b17-13-,21-19?. The molecule has 0 atom stereocenters. The molecule has 0 N–H and O–H groups in total. The maximum absolute atomic E-state index is 13.9. The van der Waals surface area contributed by atoms with Crippen LogP contribution in [0, 0.1) is 5.82 Å². The summed E-state index contributed by atoms with van der Waals surface area (Å²) < 4.78 is 42.7. The predicted molar refractivity (Wildman–Crippen MR) is 105 cm³/mol. The summed E-state index contributed by atoms with van der Waals surface area (Å²) >= 11 is 0.886. The lowest BCUT2D eigenvalue weighted by Gasteiger charge is -2.12. The first kappa shape index (κ1) is 19.1. The molecule has 1 saturated heterocycles. The van der Waals surface area contributed by atoms with Crippen LogP contribution in [-0.4, -0.2) is 30.9 Å². The molecule has 1 aliphatic heterocycles. The molecule has 1 heterocycles. The Kier molecular flexibility index (Phi) is 5.57. The Hall–Kier alpha value is -2.71. The Labute approximate surface area is 161 Å². The van der Waals surface area contributed by atoms with Crippen molar-refractivity contribution in [3.63, 3.8) is 0 Å². The van der Waals surface area contributed by atoms with Crippen LogP contribution in [-0.2, 0) is 14.8 Å². The number of carbonyl (C=O) groups is 1. The molecular weight excluding hydrogens is 387 g/mol. The number of hydrogen-bond donors (Lipinski definition) is 0. The van der Waals surface area contributed by atoms with Crippen molar-refractivity contribution in [1.82, 2.24) is 4.90 Å². The van der Waals surface area contributed by atoms with Crippen LogP contribution in [0.5, 0.6) is 0 Å². The molecule has 1 aliphatic rings. The third-order valence-electron chi connectivity index (χ3n) is 3.63. The number of carbonyl (C=O) groups excluding carboxylic acids is 1. The number of amides is 1. The molecule has 8 heteroatoms. The van der Waals surface area contributed by atoms with Crippen LogP contribution in [0.2, 0.25) is 0 Å². The molecule has 0 unspecified atom stereocenters. The van der Waals surface area contributed by atoms with E-state index in [2.05, 4.69) is 11.0 Å². The van der Waals surface area contributed by atoms with Gasteiger partial charge in [-0.15, -0.1) is 11.0 Å². The number of sulfonamides is 1. The zero-order valence-electron chi connectivity index (χ0n) is 14.1. The summed E-state index contributed by atoms with van der Waals surface area (Å²) in [7, 11) is -3.99. The van der Waals surface area contributed by atoms with Crippen LogP contribution >= 0.6 is 11.8 Å². The zero-order valence-corrected chi connectivity index (χ0v) is 15.7. The maximum atomic E-state index is 13.9. The van der Waals surface area contributed by atoms with Gasteiger partial charge in [-0.05, 0) is 36.0 Å². The lowest BCUT2D eigenvalue weighted by atomic mass is 10.2. The molecule has 0 saturated carbocycles. The highest BCUT2D eigenvalue weighted by atomic mass is 32.2. The molecule has 1 fully saturated rings. The molecule has 0 aromatic heterocycles. The minimum absolute atomic E-state index is 0.00587. The summed E-state index contributed by atoms with van der Waals surface area (Å²) in [5.74, 6) is -0.930. The second-order valence-corrected chi connectivity index (χ2v) is 8.11. The summed E-state index contributed by atoms with van der Waals surface area (Å²) in [6.07, 6.45) is 2.85. The van der Waals surface area contributed by atoms with E-state index in [1.165, 1.54) is 41.3 Å². The third-order valence-corrected chi connectivity index (χ3v) is 6.03. The molecular formula is C19H15FN2O3S2. The second-order valence-electron chi connectivity index (χ2n) is 5.50. The summed E-state index contributed by atoms with van der Waals surface area (Å²) in [6.45, 7) is 3.67. The van der Waals surface area contributed by atoms with Crippen molar-refractivity contribution in [3.05, 3.63) is 83.5 Å². The van der Waals surface area contributed by atoms with Gasteiger partial charge in [0.25, 0.3) is 15.9 Å². The van der Waals surface area contributed by atoms with Crippen molar-refractivity contribution < 1.29 is 17.6 Å². The SMILES string of the molecule is C=CCN1C(=O)/C(=C/c2ccccc2F)SC1=NS(=O)(=O)c1ccccc1. The van der Waals surface area contributed by atoms with Crippen molar-refractivity contribution in [2.45, 2.75) is 4.90 Å². The van der Waals surface area contributed by atoms with Gasteiger partial charge in [-0.25, -0.2) is 4.39 Å². The number of nitrogens with zero attached hydrogens (tertiary/aromatic N) is 2. The predicted octanol–water partition coefficient (Wildman–Crippen LogP) is 3.67. The third kappa shape index (κ3) is 4.17. The van der Waals surface area contributed by atoms with E-state index in [1.807, 2.05) is 0 Å². The first-order valence-electron chi connectivity index (χ1n) is 7.89. The van der Waals surface area contributed by atoms with E-state index >= 15 is 0 Å². The van der Waals surface area contributed by atoms with Crippen molar-refractivity contribution in [1.29, 1.82) is 0 Å². The molecule has 27 heavy (non-hydrogen) atoms. The van der Waals surface area contributed by atoms with Gasteiger partial charge >= 0.3 is 0 Å². The number of hydrogen-bond acceptors (Lipinski definition) is 4. The van der Waals surface area contributed by atoms with Crippen LogP contribution < -0.4 is 0 Å². The summed E-state index contributed by atoms with van der Waals surface area (Å²) in [6, 6.07) is 13.7. The molecule has 0 radical (unpaired) electrons. The van der Waals surface area contributed by atoms with Crippen LogP contribution in [0.1, 0.15) is 5.56 Å². The average Bonchev–Trinajstić information content (AvgIpc) is 2.93. The Bertz CT molecular complexity index is 1050. The Morgan fingerprint density at radius 1 is 1.11 bits per heavy atom. The highest BCUT2D eigenvalue weighted by molar-refractivity contribution is 8.19. The molecule has 138 valence electrons. The Morgan fingerprint density at radius 2 is 1.78 bits per heavy atom. The fourth-order valence-corrected chi connectivity index (χ4v) is 4.55. The Morgan fingerprint density at radius 3 is 2.44 bits per heavy atom. The van der Waals surface area contributed by atoms with Crippen molar-refractivity contribution in [3.8, 4) is 0 Å². The molecule has 0 bridgehead atoms. The van der Waals surface area contributed by atoms with Crippen LogP contribution in [0.4, 0.5) is 4.39 Å². The van der Waals surface area contributed by atoms with Crippen molar-refractivity contribution in [2.75, 3.05) is 6.54 Å². The highest BCUT2D eigenvalue weighted by Crippen LogP contribution is 2.34. The van der Waals surface area contributed by atoms with Crippen LogP contribution in [0.15, 0.2) is 81.5 Å². The number of thioether (sulfide) groups is 1. The van der Waals surface area contributed by atoms with Crippen LogP contribution in [0.25, 0.3) is 6.08 Å². The summed E-state index contributed by atoms with van der Waals surface area (Å²) in [5, 5.41) is 0.00587. The minimum atomic E-state index is -3.99. The van der Waals surface area contributed by atoms with Crippen LogP contribution in [0.3, 0.4) is 0 Å². The molecule has 2 aromatic rings. The van der Waals surface area contributed by atoms with Gasteiger partial charge in [0.05, 0.1) is 9.80 Å². The van der Waals surface area contributed by atoms with E-state index in [0.29, 0.717) is 0 Å². The van der Waals surface area contributed by atoms with E-state index in [1.54, 1.807) is 30.3 Å². The average molecular weight is 402 g/mol. The maximum Gasteiger partial charge on any atom is 0.284 e. The van der Waals surface area contributed by atoms with Gasteiger partial charge in [-0.2, -0.15) is 8.42 Å². The first-order chi connectivity index (χ1) is 12.9. The number of amidine groups is 1. The molecule has 2 aromatic carbocycles.